The highest BCUT2D eigenvalue weighted by atomic mass is 16.5. The Hall–Kier alpha value is -3.22. The van der Waals surface area contributed by atoms with Gasteiger partial charge in [0, 0.05) is 23.4 Å². The minimum atomic E-state index is 0.373. The van der Waals surface area contributed by atoms with Gasteiger partial charge in [0.1, 0.15) is 0 Å². The fourth-order valence-corrected chi connectivity index (χ4v) is 2.51. The van der Waals surface area contributed by atoms with Crippen molar-refractivity contribution >= 4 is 5.69 Å². The van der Waals surface area contributed by atoms with Crippen LogP contribution in [0.25, 0.3) is 11.4 Å². The van der Waals surface area contributed by atoms with Crippen molar-refractivity contribution in [3.8, 4) is 28.6 Å². The molecule has 0 amide bonds. The third-order valence-corrected chi connectivity index (χ3v) is 3.89. The second-order valence-corrected chi connectivity index (χ2v) is 5.65. The third-order valence-electron chi connectivity index (χ3n) is 3.89. The predicted molar refractivity (Wildman–Crippen MR) is 97.9 cm³/mol. The molecule has 0 spiro atoms. The lowest BCUT2D eigenvalue weighted by molar-refractivity contribution is 0.324. The Kier molecular flexibility index (Phi) is 5.26. The van der Waals surface area contributed by atoms with E-state index in [1.54, 1.807) is 21.3 Å². The van der Waals surface area contributed by atoms with Gasteiger partial charge in [0.25, 0.3) is 0 Å². The molecule has 0 radical (unpaired) electrons. The van der Waals surface area contributed by atoms with Crippen molar-refractivity contribution in [1.29, 1.82) is 0 Å². The number of hydrogen-bond donors (Lipinski definition) is 1. The zero-order valence-electron chi connectivity index (χ0n) is 15.2. The van der Waals surface area contributed by atoms with E-state index in [-0.39, 0.29) is 0 Å². The van der Waals surface area contributed by atoms with Gasteiger partial charge in [-0.3, -0.25) is 0 Å². The van der Waals surface area contributed by atoms with Crippen molar-refractivity contribution in [2.24, 2.45) is 0 Å². The van der Waals surface area contributed by atoms with Crippen molar-refractivity contribution < 1.29 is 18.7 Å². The molecule has 0 saturated heterocycles. The molecule has 1 N–H and O–H groups in total. The molecule has 1 heterocycles. The molecule has 136 valence electrons. The van der Waals surface area contributed by atoms with E-state index in [0.717, 1.165) is 11.3 Å². The molecule has 0 aliphatic carbocycles. The van der Waals surface area contributed by atoms with Crippen LogP contribution in [-0.4, -0.2) is 31.5 Å². The van der Waals surface area contributed by atoms with Gasteiger partial charge in [-0.1, -0.05) is 35.0 Å². The van der Waals surface area contributed by atoms with Crippen molar-refractivity contribution in [2.45, 2.75) is 13.5 Å². The molecule has 0 saturated carbocycles. The Morgan fingerprint density at radius 2 is 1.62 bits per heavy atom. The summed E-state index contributed by atoms with van der Waals surface area (Å²) in [4.78, 5) is 4.42. The molecule has 3 rings (SSSR count). The minimum Gasteiger partial charge on any atom is -0.493 e. The van der Waals surface area contributed by atoms with Gasteiger partial charge >= 0.3 is 0 Å². The van der Waals surface area contributed by atoms with Gasteiger partial charge in [0.2, 0.25) is 17.5 Å². The SMILES string of the molecule is COc1cc(NCc2nc(-c3ccc(C)cc3)no2)cc(OC)c1OC. The Balaban J connectivity index is 1.74. The van der Waals surface area contributed by atoms with Gasteiger partial charge in [0.05, 0.1) is 27.9 Å². The Morgan fingerprint density at radius 3 is 2.19 bits per heavy atom. The fourth-order valence-electron chi connectivity index (χ4n) is 2.51. The molecule has 0 aliphatic rings. The molecular weight excluding hydrogens is 334 g/mol. The van der Waals surface area contributed by atoms with Gasteiger partial charge < -0.3 is 24.1 Å². The van der Waals surface area contributed by atoms with E-state index in [0.29, 0.717) is 35.5 Å². The monoisotopic (exact) mass is 355 g/mol. The van der Waals surface area contributed by atoms with Crippen molar-refractivity contribution in [1.82, 2.24) is 10.1 Å². The highest BCUT2D eigenvalue weighted by molar-refractivity contribution is 5.62. The summed E-state index contributed by atoms with van der Waals surface area (Å²) in [7, 11) is 4.72. The summed E-state index contributed by atoms with van der Waals surface area (Å²) in [6, 6.07) is 11.6. The standard InChI is InChI=1S/C19H21N3O4/c1-12-5-7-13(8-6-12)19-21-17(26-22-19)11-20-14-9-15(23-2)18(25-4)16(10-14)24-3/h5-10,20H,11H2,1-4H3. The van der Waals surface area contributed by atoms with Crippen LogP contribution in [0, 0.1) is 6.92 Å². The van der Waals surface area contributed by atoms with Gasteiger partial charge in [-0.2, -0.15) is 4.98 Å². The van der Waals surface area contributed by atoms with Gasteiger partial charge in [0.15, 0.2) is 11.5 Å². The average molecular weight is 355 g/mol. The van der Waals surface area contributed by atoms with Gasteiger partial charge in [-0.05, 0) is 6.92 Å². The summed E-state index contributed by atoms with van der Waals surface area (Å²) in [6.07, 6.45) is 0. The summed E-state index contributed by atoms with van der Waals surface area (Å²) in [5.41, 5.74) is 2.88. The summed E-state index contributed by atoms with van der Waals surface area (Å²) in [5, 5.41) is 7.25. The summed E-state index contributed by atoms with van der Waals surface area (Å²) in [6.45, 7) is 2.41. The smallest absolute Gasteiger partial charge is 0.246 e. The van der Waals surface area contributed by atoms with Crippen LogP contribution in [0.2, 0.25) is 0 Å². The highest BCUT2D eigenvalue weighted by Gasteiger charge is 2.14. The number of hydrogen-bond acceptors (Lipinski definition) is 7. The van der Waals surface area contributed by atoms with E-state index in [1.165, 1.54) is 5.56 Å². The predicted octanol–water partition coefficient (Wildman–Crippen LogP) is 3.68. The topological polar surface area (TPSA) is 78.6 Å². The number of aromatic nitrogens is 2. The first-order valence-corrected chi connectivity index (χ1v) is 8.08. The van der Waals surface area contributed by atoms with Crippen molar-refractivity contribution in [3.63, 3.8) is 0 Å². The molecule has 26 heavy (non-hydrogen) atoms. The van der Waals surface area contributed by atoms with Gasteiger partial charge in [-0.15, -0.1) is 0 Å². The largest absolute Gasteiger partial charge is 0.493 e. The van der Waals surface area contributed by atoms with E-state index >= 15 is 0 Å². The Labute approximate surface area is 151 Å². The van der Waals surface area contributed by atoms with Crippen LogP contribution in [0.15, 0.2) is 40.9 Å². The second kappa shape index (κ2) is 7.77. The Morgan fingerprint density at radius 1 is 0.962 bits per heavy atom. The number of nitrogens with one attached hydrogen (secondary N) is 1. The van der Waals surface area contributed by atoms with E-state index in [1.807, 2.05) is 43.3 Å². The lowest BCUT2D eigenvalue weighted by Crippen LogP contribution is -2.02. The number of ether oxygens (including phenoxy) is 3. The number of anilines is 1. The molecule has 0 unspecified atom stereocenters. The number of rotatable bonds is 7. The molecular formula is C19H21N3O4. The molecule has 1 aromatic heterocycles. The van der Waals surface area contributed by atoms with Crippen LogP contribution in [0.1, 0.15) is 11.5 Å². The first kappa shape index (κ1) is 17.6. The molecule has 7 heteroatoms. The highest BCUT2D eigenvalue weighted by Crippen LogP contribution is 2.40. The van der Waals surface area contributed by atoms with E-state index in [2.05, 4.69) is 15.5 Å². The summed E-state index contributed by atoms with van der Waals surface area (Å²) < 4.78 is 21.3. The maximum Gasteiger partial charge on any atom is 0.246 e. The molecule has 3 aromatic rings. The van der Waals surface area contributed by atoms with Crippen LogP contribution in [0.3, 0.4) is 0 Å². The third kappa shape index (κ3) is 3.72. The van der Waals surface area contributed by atoms with E-state index in [4.69, 9.17) is 18.7 Å². The lowest BCUT2D eigenvalue weighted by Gasteiger charge is -2.14. The van der Waals surface area contributed by atoms with Crippen LogP contribution in [0.5, 0.6) is 17.2 Å². The molecule has 7 nitrogen and oxygen atoms in total. The summed E-state index contributed by atoms with van der Waals surface area (Å²) in [5.74, 6) is 2.72. The maximum absolute atomic E-state index is 5.35. The summed E-state index contributed by atoms with van der Waals surface area (Å²) >= 11 is 0. The number of methoxy groups -OCH3 is 3. The van der Waals surface area contributed by atoms with E-state index in [9.17, 15) is 0 Å². The zero-order valence-corrected chi connectivity index (χ0v) is 15.2. The normalized spacial score (nSPS) is 10.5. The number of benzene rings is 2. The maximum atomic E-state index is 5.35. The van der Waals surface area contributed by atoms with E-state index < -0.39 is 0 Å². The van der Waals surface area contributed by atoms with Crippen LogP contribution < -0.4 is 19.5 Å². The molecule has 0 bridgehead atoms. The first-order valence-electron chi connectivity index (χ1n) is 8.08. The minimum absolute atomic E-state index is 0.373. The molecule has 2 aromatic carbocycles. The number of nitrogens with zero attached hydrogens (tertiary/aromatic N) is 2. The first-order chi connectivity index (χ1) is 12.6. The Bertz CT molecular complexity index is 850. The van der Waals surface area contributed by atoms with Crippen LogP contribution in [0.4, 0.5) is 5.69 Å². The van der Waals surface area contributed by atoms with Crippen molar-refractivity contribution in [3.05, 3.63) is 47.9 Å². The molecule has 0 aliphatic heterocycles. The lowest BCUT2D eigenvalue weighted by atomic mass is 10.1. The van der Waals surface area contributed by atoms with Gasteiger partial charge in [-0.25, -0.2) is 0 Å². The molecule has 0 fully saturated rings. The zero-order chi connectivity index (χ0) is 18.5. The van der Waals surface area contributed by atoms with Crippen LogP contribution in [-0.2, 0) is 6.54 Å². The van der Waals surface area contributed by atoms with Crippen LogP contribution >= 0.6 is 0 Å². The quantitative estimate of drug-likeness (QED) is 0.692. The molecule has 0 atom stereocenters. The van der Waals surface area contributed by atoms with Crippen molar-refractivity contribution in [2.75, 3.05) is 26.6 Å². The fraction of sp³-hybridized carbons (Fsp3) is 0.263. The second-order valence-electron chi connectivity index (χ2n) is 5.65. The number of aryl methyl sites for hydroxylation is 1. The average Bonchev–Trinajstić information content (AvgIpc) is 3.15.